The lowest BCUT2D eigenvalue weighted by atomic mass is 9.80. The van der Waals surface area contributed by atoms with Crippen LogP contribution in [0.5, 0.6) is 0 Å². The monoisotopic (exact) mass is 480 g/mol. The third-order valence-electron chi connectivity index (χ3n) is 6.62. The lowest BCUT2D eigenvalue weighted by molar-refractivity contribution is -0.127. The van der Waals surface area contributed by atoms with Crippen molar-refractivity contribution in [1.82, 2.24) is 10.2 Å². The van der Waals surface area contributed by atoms with Gasteiger partial charge in [0.1, 0.15) is 12.2 Å². The number of imide groups is 1. The van der Waals surface area contributed by atoms with E-state index in [1.807, 2.05) is 37.3 Å². The Bertz CT molecular complexity index is 1220. The summed E-state index contributed by atoms with van der Waals surface area (Å²) in [6.07, 6.45) is 2.56. The average molecular weight is 481 g/mol. The predicted molar refractivity (Wildman–Crippen MR) is 135 cm³/mol. The minimum atomic E-state index is -0.639. The number of halogens is 1. The molecule has 178 valence electrons. The third-order valence-corrected chi connectivity index (χ3v) is 6.95. The largest absolute Gasteiger partial charge is 0.369 e. The second kappa shape index (κ2) is 8.80. The van der Waals surface area contributed by atoms with Crippen molar-refractivity contribution in [1.29, 1.82) is 0 Å². The number of hydrogen-bond donors (Lipinski definition) is 2. The number of benzene rings is 2. The van der Waals surface area contributed by atoms with Crippen LogP contribution in [0.3, 0.4) is 0 Å². The molecular weight excluding hydrogens is 452 g/mol. The standard InChI is InChI=1S/C26H29ClN4O3/c1-15-7-6-8-18(9-15)28-23(32)14-31-24(33)21(29-25(31)34)11-17-10-19-16(2)13-26(3,4)30(5)22(19)12-20(17)27/h6-12,16H,13-14H2,1-5H3,(H,28,32)(H,29,34)/b21-11+. The lowest BCUT2D eigenvalue weighted by Gasteiger charge is -2.45. The maximum absolute atomic E-state index is 12.9. The number of nitrogens with zero attached hydrogens (tertiary/aromatic N) is 2. The molecular formula is C26H29ClN4O3. The molecule has 0 bridgehead atoms. The van der Waals surface area contributed by atoms with Gasteiger partial charge >= 0.3 is 6.03 Å². The Morgan fingerprint density at radius 3 is 2.71 bits per heavy atom. The van der Waals surface area contributed by atoms with Crippen molar-refractivity contribution in [3.05, 3.63) is 63.8 Å². The van der Waals surface area contributed by atoms with Crippen LogP contribution in [0.2, 0.25) is 5.02 Å². The van der Waals surface area contributed by atoms with Crippen LogP contribution in [0.15, 0.2) is 42.1 Å². The Morgan fingerprint density at radius 1 is 1.26 bits per heavy atom. The molecule has 2 aliphatic rings. The van der Waals surface area contributed by atoms with Gasteiger partial charge in [0.05, 0.1) is 0 Å². The molecule has 0 saturated carbocycles. The smallest absolute Gasteiger partial charge is 0.329 e. The number of carbonyl (C=O) groups excluding carboxylic acids is 3. The van der Waals surface area contributed by atoms with Gasteiger partial charge in [-0.1, -0.05) is 30.7 Å². The molecule has 2 heterocycles. The van der Waals surface area contributed by atoms with E-state index in [9.17, 15) is 14.4 Å². The van der Waals surface area contributed by atoms with Gasteiger partial charge in [0.15, 0.2) is 0 Å². The number of aryl methyl sites for hydroxylation is 1. The number of urea groups is 1. The first-order chi connectivity index (χ1) is 16.0. The van der Waals surface area contributed by atoms with E-state index in [1.54, 1.807) is 12.1 Å². The highest BCUT2D eigenvalue weighted by Gasteiger charge is 2.37. The van der Waals surface area contributed by atoms with Gasteiger partial charge in [0.25, 0.3) is 5.91 Å². The van der Waals surface area contributed by atoms with Crippen molar-refractivity contribution >= 4 is 46.9 Å². The molecule has 1 atom stereocenters. The van der Waals surface area contributed by atoms with E-state index in [0.29, 0.717) is 22.2 Å². The normalized spacial score (nSPS) is 20.4. The maximum atomic E-state index is 12.9. The minimum Gasteiger partial charge on any atom is -0.369 e. The first-order valence-electron chi connectivity index (χ1n) is 11.2. The quantitative estimate of drug-likeness (QED) is 0.481. The predicted octanol–water partition coefficient (Wildman–Crippen LogP) is 4.90. The first-order valence-corrected chi connectivity index (χ1v) is 11.6. The number of hydrogen-bond acceptors (Lipinski definition) is 4. The number of fused-ring (bicyclic) bond motifs is 1. The highest BCUT2D eigenvalue weighted by atomic mass is 35.5. The Labute approximate surface area is 204 Å². The molecule has 1 unspecified atom stereocenters. The van der Waals surface area contributed by atoms with Crippen LogP contribution in [0.25, 0.3) is 6.08 Å². The zero-order valence-corrected chi connectivity index (χ0v) is 20.8. The van der Waals surface area contributed by atoms with Crippen LogP contribution in [-0.2, 0) is 9.59 Å². The van der Waals surface area contributed by atoms with Crippen LogP contribution in [0.4, 0.5) is 16.2 Å². The van der Waals surface area contributed by atoms with Crippen molar-refractivity contribution in [2.24, 2.45) is 0 Å². The Kier molecular flexibility index (Phi) is 6.16. The summed E-state index contributed by atoms with van der Waals surface area (Å²) in [4.78, 5) is 40.9. The van der Waals surface area contributed by atoms with Crippen molar-refractivity contribution in [2.45, 2.75) is 45.6 Å². The van der Waals surface area contributed by atoms with Crippen molar-refractivity contribution < 1.29 is 14.4 Å². The molecule has 2 N–H and O–H groups in total. The number of carbonyl (C=O) groups is 3. The van der Waals surface area contributed by atoms with Gasteiger partial charge in [-0.3, -0.25) is 9.59 Å². The zero-order chi connectivity index (χ0) is 24.8. The maximum Gasteiger partial charge on any atom is 0.329 e. The number of nitrogens with one attached hydrogen (secondary N) is 2. The number of amides is 4. The highest BCUT2D eigenvalue weighted by molar-refractivity contribution is 6.32. The molecule has 0 radical (unpaired) electrons. The van der Waals surface area contributed by atoms with Crippen LogP contribution < -0.4 is 15.5 Å². The minimum absolute atomic E-state index is 0.00460. The van der Waals surface area contributed by atoms with Gasteiger partial charge < -0.3 is 15.5 Å². The second-order valence-corrected chi connectivity index (χ2v) is 10.1. The van der Waals surface area contributed by atoms with Gasteiger partial charge in [0.2, 0.25) is 5.91 Å². The fourth-order valence-corrected chi connectivity index (χ4v) is 4.87. The summed E-state index contributed by atoms with van der Waals surface area (Å²) in [7, 11) is 2.06. The molecule has 0 aliphatic carbocycles. The van der Waals surface area contributed by atoms with E-state index in [1.165, 1.54) is 0 Å². The molecule has 8 heteroatoms. The van der Waals surface area contributed by atoms with Gasteiger partial charge in [-0.25, -0.2) is 9.69 Å². The van der Waals surface area contributed by atoms with Gasteiger partial charge in [-0.05, 0) is 80.1 Å². The summed E-state index contributed by atoms with van der Waals surface area (Å²) < 4.78 is 0. The molecule has 2 aliphatic heterocycles. The van der Waals surface area contributed by atoms with E-state index >= 15 is 0 Å². The SMILES string of the molecule is Cc1cccc(NC(=O)CN2C(=O)N/C(=C/c3cc4c(cc3Cl)N(C)C(C)(C)CC4C)C2=O)c1. The summed E-state index contributed by atoms with van der Waals surface area (Å²) >= 11 is 6.58. The first kappa shape index (κ1) is 23.8. The molecule has 7 nitrogen and oxygen atoms in total. The molecule has 4 rings (SSSR count). The molecule has 1 fully saturated rings. The van der Waals surface area contributed by atoms with E-state index < -0.39 is 17.8 Å². The van der Waals surface area contributed by atoms with Crippen molar-refractivity contribution in [3.63, 3.8) is 0 Å². The summed E-state index contributed by atoms with van der Waals surface area (Å²) in [6, 6.07) is 10.5. The second-order valence-electron chi connectivity index (χ2n) is 9.71. The van der Waals surface area contributed by atoms with Crippen molar-refractivity contribution in [2.75, 3.05) is 23.8 Å². The number of rotatable bonds is 4. The highest BCUT2D eigenvalue weighted by Crippen LogP contribution is 2.44. The summed E-state index contributed by atoms with van der Waals surface area (Å²) in [5.41, 5.74) is 4.55. The van der Waals surface area contributed by atoms with E-state index in [0.717, 1.165) is 28.1 Å². The lowest BCUT2D eigenvalue weighted by Crippen LogP contribution is -2.45. The van der Waals surface area contributed by atoms with E-state index in [4.69, 9.17) is 11.6 Å². The molecule has 34 heavy (non-hydrogen) atoms. The van der Waals surface area contributed by atoms with E-state index in [-0.39, 0.29) is 17.8 Å². The van der Waals surface area contributed by atoms with Gasteiger partial charge in [-0.15, -0.1) is 0 Å². The molecule has 0 spiro atoms. The molecule has 2 aromatic rings. The van der Waals surface area contributed by atoms with E-state index in [2.05, 4.69) is 43.4 Å². The Morgan fingerprint density at radius 2 is 2.00 bits per heavy atom. The summed E-state index contributed by atoms with van der Waals surface area (Å²) in [5.74, 6) is -0.711. The van der Waals surface area contributed by atoms with Crippen molar-refractivity contribution in [3.8, 4) is 0 Å². The fourth-order valence-electron chi connectivity index (χ4n) is 4.65. The topological polar surface area (TPSA) is 81.8 Å². The Hall–Kier alpha value is -3.32. The van der Waals surface area contributed by atoms with Crippen LogP contribution >= 0.6 is 11.6 Å². The van der Waals surface area contributed by atoms with Gasteiger partial charge in [-0.2, -0.15) is 0 Å². The van der Waals surface area contributed by atoms with Crippen LogP contribution in [-0.4, -0.2) is 41.9 Å². The molecule has 4 amide bonds. The number of anilines is 2. The van der Waals surface area contributed by atoms with Crippen LogP contribution in [0, 0.1) is 6.92 Å². The molecule has 2 aromatic carbocycles. The average Bonchev–Trinajstić information content (AvgIpc) is 3.00. The van der Waals surface area contributed by atoms with Crippen LogP contribution in [0.1, 0.15) is 49.8 Å². The molecule has 0 aromatic heterocycles. The molecule has 1 saturated heterocycles. The summed E-state index contributed by atoms with van der Waals surface area (Å²) in [6.45, 7) is 8.11. The zero-order valence-electron chi connectivity index (χ0n) is 20.0. The Balaban J connectivity index is 1.54. The fraction of sp³-hybridized carbons (Fsp3) is 0.346. The van der Waals surface area contributed by atoms with Gasteiger partial charge in [0, 0.05) is 29.0 Å². The summed E-state index contributed by atoms with van der Waals surface area (Å²) in [5, 5.41) is 5.77. The third kappa shape index (κ3) is 4.53.